The van der Waals surface area contributed by atoms with E-state index in [1.54, 1.807) is 0 Å². The van der Waals surface area contributed by atoms with Crippen LogP contribution in [0, 0.1) is 0 Å². The summed E-state index contributed by atoms with van der Waals surface area (Å²) in [5.74, 6) is 0. The maximum atomic E-state index is 5.79. The molecule has 14 heavy (non-hydrogen) atoms. The molecule has 2 heteroatoms. The van der Waals surface area contributed by atoms with E-state index >= 15 is 0 Å². The molecule has 0 aliphatic heterocycles. The van der Waals surface area contributed by atoms with Gasteiger partial charge in [0.1, 0.15) is 0 Å². The van der Waals surface area contributed by atoms with Crippen LogP contribution in [0.4, 0.5) is 0 Å². The fourth-order valence-corrected chi connectivity index (χ4v) is 1.35. The lowest BCUT2D eigenvalue weighted by Gasteiger charge is -2.05. The van der Waals surface area contributed by atoms with Crippen molar-refractivity contribution >= 4 is 17.7 Å². The molecule has 0 saturated carbocycles. The van der Waals surface area contributed by atoms with Crippen LogP contribution in [-0.2, 0) is 0 Å². The Labute approximate surface area is 90.8 Å². The van der Waals surface area contributed by atoms with Crippen molar-refractivity contribution in [2.75, 3.05) is 6.54 Å². The SMILES string of the molecule is CCNC(C)/C=C/c1ccc(Cl)cc1. The third-order valence-corrected chi connectivity index (χ3v) is 2.23. The van der Waals surface area contributed by atoms with Gasteiger partial charge in [-0.15, -0.1) is 0 Å². The molecule has 76 valence electrons. The lowest BCUT2D eigenvalue weighted by molar-refractivity contribution is 0.663. The Kier molecular flexibility index (Phi) is 4.71. The number of hydrogen-bond acceptors (Lipinski definition) is 1. The lowest BCUT2D eigenvalue weighted by atomic mass is 10.2. The molecule has 0 amide bonds. The standard InChI is InChI=1S/C12H16ClN/c1-3-14-10(2)4-5-11-6-8-12(13)9-7-11/h4-10,14H,3H2,1-2H3/b5-4+. The predicted molar refractivity (Wildman–Crippen MR) is 63.6 cm³/mol. The van der Waals surface area contributed by atoms with Crippen LogP contribution in [0.1, 0.15) is 19.4 Å². The Morgan fingerprint density at radius 1 is 1.36 bits per heavy atom. The van der Waals surface area contributed by atoms with Gasteiger partial charge in [0.05, 0.1) is 0 Å². The molecular weight excluding hydrogens is 194 g/mol. The molecule has 1 unspecified atom stereocenters. The van der Waals surface area contributed by atoms with Crippen molar-refractivity contribution in [3.8, 4) is 0 Å². The highest BCUT2D eigenvalue weighted by Crippen LogP contribution is 2.10. The van der Waals surface area contributed by atoms with Gasteiger partial charge in [0.2, 0.25) is 0 Å². The highest BCUT2D eigenvalue weighted by atomic mass is 35.5. The van der Waals surface area contributed by atoms with Crippen molar-refractivity contribution in [3.05, 3.63) is 40.9 Å². The molecule has 0 saturated heterocycles. The van der Waals surface area contributed by atoms with Gasteiger partial charge in [-0.2, -0.15) is 0 Å². The van der Waals surface area contributed by atoms with E-state index in [0.717, 1.165) is 11.6 Å². The third kappa shape index (κ3) is 3.95. The van der Waals surface area contributed by atoms with Crippen LogP contribution in [0.3, 0.4) is 0 Å². The fraction of sp³-hybridized carbons (Fsp3) is 0.333. The zero-order valence-corrected chi connectivity index (χ0v) is 9.38. The number of likely N-dealkylation sites (N-methyl/N-ethyl adjacent to an activating group) is 1. The Bertz CT molecular complexity index is 290. The highest BCUT2D eigenvalue weighted by Gasteiger charge is 1.92. The Morgan fingerprint density at radius 3 is 2.57 bits per heavy atom. The first-order valence-corrected chi connectivity index (χ1v) is 5.27. The lowest BCUT2D eigenvalue weighted by Crippen LogP contribution is -2.22. The second-order valence-corrected chi connectivity index (χ2v) is 3.69. The predicted octanol–water partition coefficient (Wildman–Crippen LogP) is 3.35. The quantitative estimate of drug-likeness (QED) is 0.802. The normalized spacial score (nSPS) is 13.4. The van der Waals surface area contributed by atoms with Crippen molar-refractivity contribution in [2.24, 2.45) is 0 Å². The van der Waals surface area contributed by atoms with Gasteiger partial charge in [0.15, 0.2) is 0 Å². The summed E-state index contributed by atoms with van der Waals surface area (Å²) in [6.45, 7) is 5.23. The van der Waals surface area contributed by atoms with E-state index in [1.807, 2.05) is 24.3 Å². The molecule has 0 spiro atoms. The third-order valence-electron chi connectivity index (χ3n) is 1.97. The molecule has 0 fully saturated rings. The molecule has 1 atom stereocenters. The van der Waals surface area contributed by atoms with Gasteiger partial charge in [-0.1, -0.05) is 42.8 Å². The summed E-state index contributed by atoms with van der Waals surface area (Å²) in [6.07, 6.45) is 4.25. The summed E-state index contributed by atoms with van der Waals surface area (Å²) < 4.78 is 0. The number of nitrogens with one attached hydrogen (secondary N) is 1. The van der Waals surface area contributed by atoms with Gasteiger partial charge in [0.25, 0.3) is 0 Å². The Hall–Kier alpha value is -0.790. The van der Waals surface area contributed by atoms with E-state index < -0.39 is 0 Å². The van der Waals surface area contributed by atoms with E-state index in [0.29, 0.717) is 6.04 Å². The summed E-state index contributed by atoms with van der Waals surface area (Å²) >= 11 is 5.79. The fourth-order valence-electron chi connectivity index (χ4n) is 1.22. The molecule has 0 bridgehead atoms. The van der Waals surface area contributed by atoms with Gasteiger partial charge in [-0.3, -0.25) is 0 Å². The van der Waals surface area contributed by atoms with E-state index in [9.17, 15) is 0 Å². The van der Waals surface area contributed by atoms with Gasteiger partial charge in [0, 0.05) is 11.1 Å². The molecule has 1 rings (SSSR count). The molecule has 0 radical (unpaired) electrons. The minimum absolute atomic E-state index is 0.413. The molecule has 0 aliphatic carbocycles. The molecule has 0 heterocycles. The van der Waals surface area contributed by atoms with Gasteiger partial charge < -0.3 is 5.32 Å². The van der Waals surface area contributed by atoms with Crippen LogP contribution < -0.4 is 5.32 Å². The Balaban J connectivity index is 2.55. The largest absolute Gasteiger partial charge is 0.311 e. The van der Waals surface area contributed by atoms with Crippen LogP contribution in [0.5, 0.6) is 0 Å². The van der Waals surface area contributed by atoms with Crippen molar-refractivity contribution in [2.45, 2.75) is 19.9 Å². The molecule has 1 nitrogen and oxygen atoms in total. The molecule has 0 aliphatic rings. The summed E-state index contributed by atoms with van der Waals surface area (Å²) in [5, 5.41) is 4.09. The minimum Gasteiger partial charge on any atom is -0.311 e. The van der Waals surface area contributed by atoms with Crippen molar-refractivity contribution < 1.29 is 0 Å². The molecule has 1 N–H and O–H groups in total. The first-order valence-electron chi connectivity index (χ1n) is 4.89. The number of rotatable bonds is 4. The van der Waals surface area contributed by atoms with Crippen LogP contribution in [0.25, 0.3) is 6.08 Å². The maximum Gasteiger partial charge on any atom is 0.0406 e. The van der Waals surface area contributed by atoms with Crippen molar-refractivity contribution in [1.82, 2.24) is 5.32 Å². The number of benzene rings is 1. The second kappa shape index (κ2) is 5.84. The topological polar surface area (TPSA) is 12.0 Å². The monoisotopic (exact) mass is 209 g/mol. The van der Waals surface area contributed by atoms with E-state index in [1.165, 1.54) is 5.56 Å². The second-order valence-electron chi connectivity index (χ2n) is 3.26. The zero-order chi connectivity index (χ0) is 10.4. The summed E-state index contributed by atoms with van der Waals surface area (Å²) in [6, 6.07) is 8.24. The summed E-state index contributed by atoms with van der Waals surface area (Å²) in [7, 11) is 0. The van der Waals surface area contributed by atoms with Crippen LogP contribution in [-0.4, -0.2) is 12.6 Å². The average molecular weight is 210 g/mol. The highest BCUT2D eigenvalue weighted by molar-refractivity contribution is 6.30. The van der Waals surface area contributed by atoms with Crippen LogP contribution in [0.2, 0.25) is 5.02 Å². The van der Waals surface area contributed by atoms with Gasteiger partial charge in [-0.05, 0) is 31.2 Å². The zero-order valence-electron chi connectivity index (χ0n) is 8.63. The molecule has 1 aromatic rings. The van der Waals surface area contributed by atoms with Crippen molar-refractivity contribution in [3.63, 3.8) is 0 Å². The first kappa shape index (κ1) is 11.3. The maximum absolute atomic E-state index is 5.79. The number of hydrogen-bond donors (Lipinski definition) is 1. The van der Waals surface area contributed by atoms with E-state index in [4.69, 9.17) is 11.6 Å². The van der Waals surface area contributed by atoms with E-state index in [-0.39, 0.29) is 0 Å². The summed E-state index contributed by atoms with van der Waals surface area (Å²) in [5.41, 5.74) is 1.18. The average Bonchev–Trinajstić information content (AvgIpc) is 2.17. The van der Waals surface area contributed by atoms with Crippen LogP contribution in [0.15, 0.2) is 30.3 Å². The molecular formula is C12H16ClN. The summed E-state index contributed by atoms with van der Waals surface area (Å²) in [4.78, 5) is 0. The smallest absolute Gasteiger partial charge is 0.0406 e. The number of halogens is 1. The first-order chi connectivity index (χ1) is 6.72. The Morgan fingerprint density at radius 2 is 2.00 bits per heavy atom. The molecule has 0 aromatic heterocycles. The van der Waals surface area contributed by atoms with Gasteiger partial charge in [-0.25, -0.2) is 0 Å². The van der Waals surface area contributed by atoms with Crippen LogP contribution >= 0.6 is 11.6 Å². The minimum atomic E-state index is 0.413. The van der Waals surface area contributed by atoms with Gasteiger partial charge >= 0.3 is 0 Å². The molecule has 1 aromatic carbocycles. The van der Waals surface area contributed by atoms with Crippen molar-refractivity contribution in [1.29, 1.82) is 0 Å². The van der Waals surface area contributed by atoms with E-state index in [2.05, 4.69) is 31.3 Å².